The highest BCUT2D eigenvalue weighted by molar-refractivity contribution is 6.30. The number of benzene rings is 1. The monoisotopic (exact) mass is 510 g/mol. The zero-order chi connectivity index (χ0) is 25.9. The fourth-order valence-corrected chi connectivity index (χ4v) is 4.15. The van der Waals surface area contributed by atoms with E-state index in [-0.39, 0.29) is 23.9 Å². The number of nitrogen functional groups attached to an aromatic ring is 1. The summed E-state index contributed by atoms with van der Waals surface area (Å²) in [4.78, 5) is 31.1. The van der Waals surface area contributed by atoms with Crippen molar-refractivity contribution in [3.8, 4) is 11.1 Å². The number of amides is 2. The molecule has 9 nitrogen and oxygen atoms in total. The van der Waals surface area contributed by atoms with E-state index in [9.17, 15) is 9.59 Å². The van der Waals surface area contributed by atoms with Crippen LogP contribution in [0.15, 0.2) is 48.9 Å². The second kappa shape index (κ2) is 10.6. The van der Waals surface area contributed by atoms with Crippen molar-refractivity contribution in [2.45, 2.75) is 51.8 Å². The Hall–Kier alpha value is -3.59. The van der Waals surface area contributed by atoms with Crippen LogP contribution >= 0.6 is 11.6 Å². The molecule has 1 aliphatic rings. The highest BCUT2D eigenvalue weighted by atomic mass is 35.5. The minimum atomic E-state index is -0.510. The van der Waals surface area contributed by atoms with Crippen molar-refractivity contribution in [2.24, 2.45) is 0 Å². The molecule has 3 heterocycles. The lowest BCUT2D eigenvalue weighted by atomic mass is 10.1. The van der Waals surface area contributed by atoms with E-state index in [2.05, 4.69) is 15.4 Å². The quantitative estimate of drug-likeness (QED) is 0.514. The van der Waals surface area contributed by atoms with Gasteiger partial charge in [0.1, 0.15) is 11.4 Å². The highest BCUT2D eigenvalue weighted by Gasteiger charge is 2.28. The van der Waals surface area contributed by atoms with Crippen LogP contribution in [0.3, 0.4) is 0 Å². The SMILES string of the molecule is CC(C)(C)OC(=O)N1CCC(n2cc(-c3cnc(N)c(C(=O)NCc4ccc(Cl)cc4)c3)cn2)CC1. The van der Waals surface area contributed by atoms with Gasteiger partial charge in [-0.1, -0.05) is 23.7 Å². The van der Waals surface area contributed by atoms with Crippen molar-refractivity contribution in [1.29, 1.82) is 0 Å². The predicted molar refractivity (Wildman–Crippen MR) is 139 cm³/mol. The smallest absolute Gasteiger partial charge is 0.410 e. The molecule has 0 saturated carbocycles. The summed E-state index contributed by atoms with van der Waals surface area (Å²) >= 11 is 5.92. The van der Waals surface area contributed by atoms with Crippen LogP contribution < -0.4 is 11.1 Å². The number of hydrogen-bond donors (Lipinski definition) is 2. The third-order valence-corrected chi connectivity index (χ3v) is 6.21. The zero-order valence-electron chi connectivity index (χ0n) is 20.7. The van der Waals surface area contributed by atoms with E-state index in [1.165, 1.54) is 0 Å². The molecular weight excluding hydrogens is 480 g/mol. The maximum Gasteiger partial charge on any atom is 0.410 e. The highest BCUT2D eigenvalue weighted by Crippen LogP contribution is 2.27. The third kappa shape index (κ3) is 6.34. The van der Waals surface area contributed by atoms with Gasteiger partial charge in [0.15, 0.2) is 0 Å². The van der Waals surface area contributed by atoms with E-state index in [0.717, 1.165) is 29.5 Å². The minimum Gasteiger partial charge on any atom is -0.444 e. The summed E-state index contributed by atoms with van der Waals surface area (Å²) in [5.74, 6) is -0.145. The Kier molecular flexibility index (Phi) is 7.49. The van der Waals surface area contributed by atoms with E-state index in [4.69, 9.17) is 22.1 Å². The molecule has 36 heavy (non-hydrogen) atoms. The van der Waals surface area contributed by atoms with Crippen molar-refractivity contribution in [1.82, 2.24) is 25.0 Å². The van der Waals surface area contributed by atoms with Crippen LogP contribution in [0.25, 0.3) is 11.1 Å². The van der Waals surface area contributed by atoms with Crippen LogP contribution in [-0.2, 0) is 11.3 Å². The lowest BCUT2D eigenvalue weighted by Crippen LogP contribution is -2.42. The Morgan fingerprint density at radius 3 is 2.50 bits per heavy atom. The van der Waals surface area contributed by atoms with E-state index >= 15 is 0 Å². The van der Waals surface area contributed by atoms with Crippen molar-refractivity contribution in [2.75, 3.05) is 18.8 Å². The molecule has 1 aliphatic heterocycles. The molecule has 0 bridgehead atoms. The second-order valence-electron chi connectivity index (χ2n) is 9.87. The first-order chi connectivity index (χ1) is 17.1. The second-order valence-corrected chi connectivity index (χ2v) is 10.3. The van der Waals surface area contributed by atoms with Crippen LogP contribution in [-0.4, -0.2) is 50.4 Å². The summed E-state index contributed by atoms with van der Waals surface area (Å²) in [7, 11) is 0. The van der Waals surface area contributed by atoms with Crippen LogP contribution in [0.1, 0.15) is 55.6 Å². The molecule has 3 N–H and O–H groups in total. The molecule has 1 aromatic carbocycles. The fourth-order valence-electron chi connectivity index (χ4n) is 4.02. The summed E-state index contributed by atoms with van der Waals surface area (Å²) in [6.07, 6.45) is 6.60. The first-order valence-corrected chi connectivity index (χ1v) is 12.3. The molecule has 2 aromatic heterocycles. The van der Waals surface area contributed by atoms with Gasteiger partial charge in [-0.2, -0.15) is 5.10 Å². The number of anilines is 1. The Labute approximate surface area is 215 Å². The Morgan fingerprint density at radius 2 is 1.83 bits per heavy atom. The van der Waals surface area contributed by atoms with Gasteiger partial charge in [-0.25, -0.2) is 9.78 Å². The van der Waals surface area contributed by atoms with Gasteiger partial charge in [0.25, 0.3) is 5.91 Å². The van der Waals surface area contributed by atoms with Gasteiger partial charge in [0.2, 0.25) is 0 Å². The summed E-state index contributed by atoms with van der Waals surface area (Å²) in [5.41, 5.74) is 8.31. The molecule has 3 aromatic rings. The van der Waals surface area contributed by atoms with Gasteiger partial charge in [-0.05, 0) is 57.4 Å². The fraction of sp³-hybridized carbons (Fsp3) is 0.385. The number of carbonyl (C=O) groups excluding carboxylic acids is 2. The number of nitrogens with two attached hydrogens (primary N) is 1. The van der Waals surface area contributed by atoms with Crippen LogP contribution in [0.4, 0.5) is 10.6 Å². The summed E-state index contributed by atoms with van der Waals surface area (Å²) in [6, 6.07) is 9.16. The number of hydrogen-bond acceptors (Lipinski definition) is 6. The van der Waals surface area contributed by atoms with Crippen LogP contribution in [0, 0.1) is 0 Å². The maximum atomic E-state index is 12.8. The van der Waals surface area contributed by atoms with Gasteiger partial charge in [-0.3, -0.25) is 9.48 Å². The number of carbonyl (C=O) groups is 2. The summed E-state index contributed by atoms with van der Waals surface area (Å²) in [5, 5.41) is 8.05. The van der Waals surface area contributed by atoms with Crippen molar-refractivity contribution >= 4 is 29.4 Å². The van der Waals surface area contributed by atoms with Crippen molar-refractivity contribution in [3.05, 3.63) is 65.1 Å². The van der Waals surface area contributed by atoms with Gasteiger partial charge in [-0.15, -0.1) is 0 Å². The number of piperidine rings is 1. The molecule has 0 radical (unpaired) electrons. The topological polar surface area (TPSA) is 115 Å². The van der Waals surface area contributed by atoms with Crippen LogP contribution in [0.5, 0.6) is 0 Å². The normalized spacial score (nSPS) is 14.5. The Bertz CT molecular complexity index is 1230. The molecule has 0 spiro atoms. The number of halogens is 1. The third-order valence-electron chi connectivity index (χ3n) is 5.95. The van der Waals surface area contributed by atoms with Crippen LogP contribution in [0.2, 0.25) is 5.02 Å². The van der Waals surface area contributed by atoms with E-state index < -0.39 is 5.60 Å². The maximum absolute atomic E-state index is 12.8. The number of aromatic nitrogens is 3. The largest absolute Gasteiger partial charge is 0.444 e. The van der Waals surface area contributed by atoms with E-state index in [1.54, 1.807) is 35.5 Å². The molecule has 4 rings (SSSR count). The number of pyridine rings is 1. The van der Waals surface area contributed by atoms with Gasteiger partial charge < -0.3 is 20.7 Å². The summed E-state index contributed by atoms with van der Waals surface area (Å²) < 4.78 is 7.39. The average molecular weight is 511 g/mol. The molecule has 0 unspecified atom stereocenters. The van der Waals surface area contributed by atoms with Crippen molar-refractivity contribution in [3.63, 3.8) is 0 Å². The number of nitrogens with zero attached hydrogens (tertiary/aromatic N) is 4. The van der Waals surface area contributed by atoms with Gasteiger partial charge in [0, 0.05) is 48.2 Å². The minimum absolute atomic E-state index is 0.161. The first kappa shape index (κ1) is 25.5. The molecule has 10 heteroatoms. The Balaban J connectivity index is 1.39. The molecular formula is C26H31ClN6O3. The molecule has 2 amide bonds. The lowest BCUT2D eigenvalue weighted by Gasteiger charge is -2.33. The first-order valence-electron chi connectivity index (χ1n) is 11.9. The van der Waals surface area contributed by atoms with E-state index in [1.807, 2.05) is 43.8 Å². The molecule has 190 valence electrons. The molecule has 1 saturated heterocycles. The number of nitrogens with one attached hydrogen (secondary N) is 1. The average Bonchev–Trinajstić information content (AvgIpc) is 3.33. The van der Waals surface area contributed by atoms with Gasteiger partial charge in [0.05, 0.1) is 17.8 Å². The zero-order valence-corrected chi connectivity index (χ0v) is 21.5. The number of rotatable bonds is 5. The number of ether oxygens (including phenoxy) is 1. The molecule has 0 atom stereocenters. The molecule has 0 aliphatic carbocycles. The predicted octanol–water partition coefficient (Wildman–Crippen LogP) is 4.68. The standard InChI is InChI=1S/C26H31ClN6O3/c1-26(2,3)36-25(35)32-10-8-21(9-11-32)33-16-19(15-31-33)18-12-22(23(28)29-14-18)24(34)30-13-17-4-6-20(27)7-5-17/h4-7,12,14-16,21H,8-11,13H2,1-3H3,(H2,28,29)(H,30,34). The van der Waals surface area contributed by atoms with E-state index in [0.29, 0.717) is 30.2 Å². The number of likely N-dealkylation sites (tertiary alicyclic amines) is 1. The molecule has 1 fully saturated rings. The lowest BCUT2D eigenvalue weighted by molar-refractivity contribution is 0.0184. The van der Waals surface area contributed by atoms with Gasteiger partial charge >= 0.3 is 6.09 Å². The summed E-state index contributed by atoms with van der Waals surface area (Å²) in [6.45, 7) is 7.16. The van der Waals surface area contributed by atoms with Crippen molar-refractivity contribution < 1.29 is 14.3 Å². The Morgan fingerprint density at radius 1 is 1.14 bits per heavy atom.